The fourth-order valence-corrected chi connectivity index (χ4v) is 0.937. The molecule has 10 heavy (non-hydrogen) atoms. The van der Waals surface area contributed by atoms with Crippen molar-refractivity contribution in [1.29, 1.82) is 0 Å². The van der Waals surface area contributed by atoms with Crippen molar-refractivity contribution in [3.05, 3.63) is 29.8 Å². The van der Waals surface area contributed by atoms with E-state index in [1.54, 1.807) is 7.11 Å². The molecule has 0 unspecified atom stereocenters. The summed E-state index contributed by atoms with van der Waals surface area (Å²) in [7, 11) is 1.67. The minimum absolute atomic E-state index is 0.899. The van der Waals surface area contributed by atoms with Gasteiger partial charge in [-0.25, -0.2) is 0 Å². The van der Waals surface area contributed by atoms with E-state index in [2.05, 4.69) is 15.9 Å². The molecule has 0 heterocycles. The van der Waals surface area contributed by atoms with Gasteiger partial charge in [0.2, 0.25) is 0 Å². The topological polar surface area (TPSA) is 9.23 Å². The summed E-state index contributed by atoms with van der Waals surface area (Å²) < 4.78 is 4.99. The zero-order valence-electron chi connectivity index (χ0n) is 5.87. The molecule has 1 rings (SSSR count). The van der Waals surface area contributed by atoms with Gasteiger partial charge in [0, 0.05) is 0 Å². The molecule has 0 aliphatic carbocycles. The molecule has 0 spiro atoms. The summed E-state index contributed by atoms with van der Waals surface area (Å²) >= 11 is 2.56. The van der Waals surface area contributed by atoms with Gasteiger partial charge in [0.25, 0.3) is 0 Å². The van der Waals surface area contributed by atoms with E-state index in [-0.39, 0.29) is 0 Å². The van der Waals surface area contributed by atoms with Gasteiger partial charge in [-0.1, -0.05) is 0 Å². The van der Waals surface area contributed by atoms with Crippen LogP contribution in [0.15, 0.2) is 24.3 Å². The number of ether oxygens (including phenoxy) is 1. The SMILES string of the molecule is COc1ccc([CH]=[Al])cc1. The average Bonchev–Trinajstić information content (AvgIpc) is 2.05. The predicted molar refractivity (Wildman–Crippen MR) is 43.9 cm³/mol. The molecule has 0 aliphatic rings. The van der Waals surface area contributed by atoms with Crippen molar-refractivity contribution in [2.24, 2.45) is 0 Å². The van der Waals surface area contributed by atoms with E-state index in [4.69, 9.17) is 4.74 Å². The van der Waals surface area contributed by atoms with Crippen molar-refractivity contribution in [2.45, 2.75) is 0 Å². The van der Waals surface area contributed by atoms with Crippen molar-refractivity contribution >= 4 is 20.7 Å². The first-order chi connectivity index (χ1) is 4.86. The van der Waals surface area contributed by atoms with Crippen molar-refractivity contribution in [2.75, 3.05) is 7.11 Å². The Labute approximate surface area is 68.6 Å². The Bertz CT molecular complexity index is 215. The molecule has 1 radical (unpaired) electrons. The summed E-state index contributed by atoms with van der Waals surface area (Å²) in [5, 5.41) is 0. The molecule has 0 amide bonds. The summed E-state index contributed by atoms with van der Waals surface area (Å²) in [6, 6.07) is 7.89. The van der Waals surface area contributed by atoms with Gasteiger partial charge in [-0.2, -0.15) is 0 Å². The Morgan fingerprint density at radius 2 is 1.90 bits per heavy atom. The van der Waals surface area contributed by atoms with Crippen LogP contribution < -0.4 is 4.74 Å². The predicted octanol–water partition coefficient (Wildman–Crippen LogP) is 1.01. The van der Waals surface area contributed by atoms with Crippen molar-refractivity contribution in [3.63, 3.8) is 0 Å². The van der Waals surface area contributed by atoms with E-state index in [0.29, 0.717) is 0 Å². The van der Waals surface area contributed by atoms with Gasteiger partial charge >= 0.3 is 68.2 Å². The normalized spacial score (nSPS) is 8.80. The molecule has 0 atom stereocenters. The van der Waals surface area contributed by atoms with Gasteiger partial charge in [-0.3, -0.25) is 0 Å². The van der Waals surface area contributed by atoms with E-state index in [1.165, 1.54) is 5.56 Å². The van der Waals surface area contributed by atoms with Gasteiger partial charge in [-0.05, 0) is 0 Å². The van der Waals surface area contributed by atoms with Crippen molar-refractivity contribution in [1.82, 2.24) is 0 Å². The van der Waals surface area contributed by atoms with Gasteiger partial charge in [0.05, 0.1) is 0 Å². The molecule has 1 aromatic rings. The van der Waals surface area contributed by atoms with E-state index in [0.717, 1.165) is 5.75 Å². The molecule has 1 nitrogen and oxygen atoms in total. The van der Waals surface area contributed by atoms with Gasteiger partial charge in [0.1, 0.15) is 0 Å². The first-order valence-electron chi connectivity index (χ1n) is 3.06. The molecule has 2 heteroatoms. The van der Waals surface area contributed by atoms with Crippen LogP contribution in [-0.2, 0) is 0 Å². The van der Waals surface area contributed by atoms with Crippen LogP contribution in [0.4, 0.5) is 0 Å². The number of methoxy groups -OCH3 is 1. The molecule has 0 aromatic heterocycles. The van der Waals surface area contributed by atoms with Crippen molar-refractivity contribution in [3.8, 4) is 5.75 Å². The Kier molecular flexibility index (Phi) is 2.68. The summed E-state index contributed by atoms with van der Waals surface area (Å²) in [5.74, 6) is 0.899. The Hall–Kier alpha value is -0.578. The van der Waals surface area contributed by atoms with Crippen LogP contribution in [0.1, 0.15) is 5.56 Å². The van der Waals surface area contributed by atoms with Crippen LogP contribution in [0.25, 0.3) is 0 Å². The molecular formula is C8H8AlO. The molecule has 1 aromatic carbocycles. The fraction of sp³-hybridized carbons (Fsp3) is 0.125. The Balaban J connectivity index is 2.90. The summed E-state index contributed by atoms with van der Waals surface area (Å²) in [6.07, 6.45) is 0. The molecule has 0 fully saturated rings. The van der Waals surface area contributed by atoms with Crippen LogP contribution >= 0.6 is 0 Å². The summed E-state index contributed by atoms with van der Waals surface area (Å²) in [4.78, 5) is 1.97. The third-order valence-electron chi connectivity index (χ3n) is 1.31. The van der Waals surface area contributed by atoms with Crippen LogP contribution in [0.5, 0.6) is 5.75 Å². The molecule has 0 aliphatic heterocycles. The second-order valence-electron chi connectivity index (χ2n) is 1.94. The molecular weight excluding hydrogens is 139 g/mol. The quantitative estimate of drug-likeness (QED) is 0.567. The van der Waals surface area contributed by atoms with Crippen LogP contribution in [0.3, 0.4) is 0 Å². The number of rotatable bonds is 2. The Morgan fingerprint density at radius 3 is 2.30 bits per heavy atom. The monoisotopic (exact) mass is 147 g/mol. The molecule has 0 saturated carbocycles. The van der Waals surface area contributed by atoms with E-state index >= 15 is 0 Å². The maximum atomic E-state index is 4.99. The molecule has 49 valence electrons. The fourth-order valence-electron chi connectivity index (χ4n) is 0.715. The molecule has 0 N–H and O–H groups in total. The Morgan fingerprint density at radius 1 is 1.30 bits per heavy atom. The second-order valence-corrected chi connectivity index (χ2v) is 2.27. The third-order valence-corrected chi connectivity index (χ3v) is 1.69. The van der Waals surface area contributed by atoms with E-state index in [9.17, 15) is 0 Å². The first-order valence-corrected chi connectivity index (χ1v) is 3.72. The zero-order chi connectivity index (χ0) is 7.40. The number of hydrogen-bond acceptors (Lipinski definition) is 1. The summed E-state index contributed by atoms with van der Waals surface area (Å²) in [5.41, 5.74) is 1.19. The average molecular weight is 147 g/mol. The first kappa shape index (κ1) is 7.53. The van der Waals surface area contributed by atoms with Crippen LogP contribution in [0.2, 0.25) is 0 Å². The van der Waals surface area contributed by atoms with Crippen LogP contribution in [-0.4, -0.2) is 27.8 Å². The standard InChI is InChI=1S/C8H8O.Al/c1-7-3-5-8(9-2)6-4-7;/h1,3-6H,2H3;. The van der Waals surface area contributed by atoms with Gasteiger partial charge in [0.15, 0.2) is 0 Å². The van der Waals surface area contributed by atoms with Gasteiger partial charge < -0.3 is 0 Å². The zero-order valence-corrected chi connectivity index (χ0v) is 7.03. The van der Waals surface area contributed by atoms with Gasteiger partial charge in [-0.15, -0.1) is 0 Å². The molecule has 0 bridgehead atoms. The summed E-state index contributed by atoms with van der Waals surface area (Å²) in [6.45, 7) is 0. The van der Waals surface area contributed by atoms with Crippen molar-refractivity contribution < 1.29 is 4.74 Å². The number of hydrogen-bond donors (Lipinski definition) is 0. The van der Waals surface area contributed by atoms with E-state index in [1.807, 2.05) is 29.1 Å². The second kappa shape index (κ2) is 3.56. The van der Waals surface area contributed by atoms with E-state index < -0.39 is 0 Å². The maximum absolute atomic E-state index is 4.99. The molecule has 0 saturated heterocycles. The third kappa shape index (κ3) is 1.70. The van der Waals surface area contributed by atoms with Crippen LogP contribution in [0, 0.1) is 0 Å². The minimum atomic E-state index is 0.899. The number of benzene rings is 1.